The number of alkyl halides is 3. The van der Waals surface area contributed by atoms with Gasteiger partial charge in [0.2, 0.25) is 10.0 Å². The lowest BCUT2D eigenvalue weighted by atomic mass is 10.1. The third-order valence-corrected chi connectivity index (χ3v) is 6.21. The molecule has 2 heterocycles. The second-order valence-corrected chi connectivity index (χ2v) is 8.22. The molecule has 0 bridgehead atoms. The van der Waals surface area contributed by atoms with E-state index in [0.717, 1.165) is 23.5 Å². The van der Waals surface area contributed by atoms with Crippen LogP contribution >= 0.6 is 11.3 Å². The third kappa shape index (κ3) is 4.55. The monoisotopic (exact) mass is 393 g/mol. The largest absolute Gasteiger partial charge is 0.433 e. The Balaban J connectivity index is 2.09. The van der Waals surface area contributed by atoms with Crippen LogP contribution in [0, 0.1) is 6.92 Å². The molecule has 0 aliphatic heterocycles. The Morgan fingerprint density at radius 2 is 1.92 bits per heavy atom. The number of nitrogens with one attached hydrogen (secondary N) is 2. The Morgan fingerprint density at radius 1 is 1.24 bits per heavy atom. The van der Waals surface area contributed by atoms with E-state index in [1.807, 2.05) is 0 Å². The minimum absolute atomic E-state index is 0.0209. The van der Waals surface area contributed by atoms with Crippen LogP contribution in [0.2, 0.25) is 0 Å². The van der Waals surface area contributed by atoms with E-state index in [4.69, 9.17) is 0 Å². The van der Waals surface area contributed by atoms with Crippen molar-refractivity contribution in [2.45, 2.75) is 23.9 Å². The first-order valence-electron chi connectivity index (χ1n) is 6.90. The second kappa shape index (κ2) is 7.10. The van der Waals surface area contributed by atoms with E-state index in [2.05, 4.69) is 15.0 Å². The summed E-state index contributed by atoms with van der Waals surface area (Å²) in [6, 6.07) is 4.76. The first-order chi connectivity index (χ1) is 11.5. The van der Waals surface area contributed by atoms with E-state index >= 15 is 0 Å². The van der Waals surface area contributed by atoms with E-state index in [0.29, 0.717) is 4.88 Å². The molecule has 1 amide bonds. The number of nitrogens with zero attached hydrogens (tertiary/aromatic N) is 1. The zero-order valence-electron chi connectivity index (χ0n) is 13.1. The summed E-state index contributed by atoms with van der Waals surface area (Å²) >= 11 is 0.982. The van der Waals surface area contributed by atoms with Gasteiger partial charge in [0.1, 0.15) is 9.90 Å². The van der Waals surface area contributed by atoms with Crippen molar-refractivity contribution in [3.05, 3.63) is 46.1 Å². The van der Waals surface area contributed by atoms with E-state index in [1.165, 1.54) is 20.0 Å². The molecule has 2 rings (SSSR count). The number of rotatable bonds is 5. The normalized spacial score (nSPS) is 12.2. The maximum Gasteiger partial charge on any atom is 0.433 e. The van der Waals surface area contributed by atoms with Crippen LogP contribution in [-0.2, 0) is 22.7 Å². The molecule has 0 aliphatic carbocycles. The van der Waals surface area contributed by atoms with Gasteiger partial charge >= 0.3 is 6.18 Å². The standard InChI is InChI=1S/C14H14F3N3O3S2/c1-8-10(4-5-11(20-8)14(15,16)17)13(21)19-7-9-3-6-12(24-9)25(22,23)18-2/h3-6,18H,7H2,1-2H3,(H,19,21). The van der Waals surface area contributed by atoms with Gasteiger partial charge in [-0.05, 0) is 38.2 Å². The van der Waals surface area contributed by atoms with Crippen molar-refractivity contribution >= 4 is 27.3 Å². The Kier molecular flexibility index (Phi) is 5.49. The van der Waals surface area contributed by atoms with Crippen LogP contribution < -0.4 is 10.0 Å². The predicted molar refractivity (Wildman–Crippen MR) is 85.7 cm³/mol. The fourth-order valence-corrected chi connectivity index (χ4v) is 4.05. The lowest BCUT2D eigenvalue weighted by Crippen LogP contribution is -2.24. The summed E-state index contributed by atoms with van der Waals surface area (Å²) in [5.74, 6) is -0.592. The van der Waals surface area contributed by atoms with Crippen molar-refractivity contribution in [3.63, 3.8) is 0 Å². The van der Waals surface area contributed by atoms with E-state index in [1.54, 1.807) is 6.07 Å². The number of halogens is 3. The summed E-state index contributed by atoms with van der Waals surface area (Å²) in [5, 5.41) is 2.53. The summed E-state index contributed by atoms with van der Waals surface area (Å²) in [4.78, 5) is 16.1. The van der Waals surface area contributed by atoms with Crippen LogP contribution in [0.3, 0.4) is 0 Å². The van der Waals surface area contributed by atoms with Gasteiger partial charge in [0, 0.05) is 4.88 Å². The lowest BCUT2D eigenvalue weighted by Gasteiger charge is -2.10. The molecule has 136 valence electrons. The van der Waals surface area contributed by atoms with E-state index in [9.17, 15) is 26.4 Å². The number of hydrogen-bond acceptors (Lipinski definition) is 5. The van der Waals surface area contributed by atoms with Gasteiger partial charge < -0.3 is 5.32 Å². The fraction of sp³-hybridized carbons (Fsp3) is 0.286. The molecule has 2 aromatic heterocycles. The summed E-state index contributed by atoms with van der Waals surface area (Å²) in [6.07, 6.45) is -4.58. The molecule has 0 aliphatic rings. The molecule has 0 fully saturated rings. The van der Waals surface area contributed by atoms with Gasteiger partial charge in [-0.2, -0.15) is 13.2 Å². The first-order valence-corrected chi connectivity index (χ1v) is 9.20. The minimum Gasteiger partial charge on any atom is -0.347 e. The quantitative estimate of drug-likeness (QED) is 0.816. The number of sulfonamides is 1. The van der Waals surface area contributed by atoms with Gasteiger partial charge in [-0.1, -0.05) is 0 Å². The van der Waals surface area contributed by atoms with Crippen LogP contribution in [0.4, 0.5) is 13.2 Å². The summed E-state index contributed by atoms with van der Waals surface area (Å²) in [6.45, 7) is 1.36. The Morgan fingerprint density at radius 3 is 2.48 bits per heavy atom. The number of aromatic nitrogens is 1. The molecule has 11 heteroatoms. The zero-order valence-corrected chi connectivity index (χ0v) is 14.8. The summed E-state index contributed by atoms with van der Waals surface area (Å²) < 4.78 is 63.3. The first kappa shape index (κ1) is 19.3. The Hall–Kier alpha value is -1.98. The van der Waals surface area contributed by atoms with Gasteiger partial charge in [-0.25, -0.2) is 18.1 Å². The number of carbonyl (C=O) groups is 1. The highest BCUT2D eigenvalue weighted by molar-refractivity contribution is 7.91. The molecule has 2 N–H and O–H groups in total. The SMILES string of the molecule is CNS(=O)(=O)c1ccc(CNC(=O)c2ccc(C(F)(F)F)nc2C)s1. The lowest BCUT2D eigenvalue weighted by molar-refractivity contribution is -0.141. The molecule has 0 atom stereocenters. The molecule has 0 aromatic carbocycles. The molecule has 2 aromatic rings. The van der Waals surface area contributed by atoms with E-state index in [-0.39, 0.29) is 22.0 Å². The minimum atomic E-state index is -4.58. The van der Waals surface area contributed by atoms with Crippen molar-refractivity contribution in [2.75, 3.05) is 7.05 Å². The molecule has 0 radical (unpaired) electrons. The van der Waals surface area contributed by atoms with E-state index < -0.39 is 27.8 Å². The fourth-order valence-electron chi connectivity index (χ4n) is 1.92. The second-order valence-electron chi connectivity index (χ2n) is 4.94. The molecular formula is C14H14F3N3O3S2. The van der Waals surface area contributed by atoms with Gasteiger partial charge in [0.15, 0.2) is 0 Å². The number of hydrogen-bond donors (Lipinski definition) is 2. The van der Waals surface area contributed by atoms with Crippen molar-refractivity contribution in [1.29, 1.82) is 0 Å². The predicted octanol–water partition coefficient (Wildman–Crippen LogP) is 2.31. The maximum absolute atomic E-state index is 12.6. The van der Waals surface area contributed by atoms with Gasteiger partial charge in [0.05, 0.1) is 17.8 Å². The van der Waals surface area contributed by atoms with Crippen molar-refractivity contribution in [3.8, 4) is 0 Å². The third-order valence-electron chi connectivity index (χ3n) is 3.21. The number of thiophene rings is 1. The Labute approximate surface area is 146 Å². The average Bonchev–Trinajstić information content (AvgIpc) is 3.01. The highest BCUT2D eigenvalue weighted by Gasteiger charge is 2.33. The van der Waals surface area contributed by atoms with Crippen LogP contribution in [0.5, 0.6) is 0 Å². The molecule has 0 unspecified atom stereocenters. The van der Waals surface area contributed by atoms with Crippen LogP contribution in [-0.4, -0.2) is 26.4 Å². The molecule has 0 saturated heterocycles. The number of aryl methyl sites for hydroxylation is 1. The molecule has 0 spiro atoms. The van der Waals surface area contributed by atoms with Gasteiger partial charge in [0.25, 0.3) is 5.91 Å². The summed E-state index contributed by atoms with van der Waals surface area (Å²) in [5.41, 5.74) is -1.09. The van der Waals surface area contributed by atoms with Gasteiger partial charge in [-0.15, -0.1) is 11.3 Å². The Bertz CT molecular complexity index is 892. The molecule has 0 saturated carbocycles. The van der Waals surface area contributed by atoms with Crippen molar-refractivity contribution in [2.24, 2.45) is 0 Å². The number of amides is 1. The van der Waals surface area contributed by atoms with Crippen LogP contribution in [0.25, 0.3) is 0 Å². The highest BCUT2D eigenvalue weighted by Crippen LogP contribution is 2.28. The maximum atomic E-state index is 12.6. The summed E-state index contributed by atoms with van der Waals surface area (Å²) in [7, 11) is -2.27. The van der Waals surface area contributed by atoms with Gasteiger partial charge in [-0.3, -0.25) is 4.79 Å². The molecule has 6 nitrogen and oxygen atoms in total. The van der Waals surface area contributed by atoms with Crippen LogP contribution in [0.15, 0.2) is 28.5 Å². The molecular weight excluding hydrogens is 379 g/mol. The van der Waals surface area contributed by atoms with Crippen molar-refractivity contribution in [1.82, 2.24) is 15.0 Å². The zero-order chi connectivity index (χ0) is 18.8. The average molecular weight is 393 g/mol. The smallest absolute Gasteiger partial charge is 0.347 e. The topological polar surface area (TPSA) is 88.2 Å². The molecule has 25 heavy (non-hydrogen) atoms. The number of carbonyl (C=O) groups excluding carboxylic acids is 1. The van der Waals surface area contributed by atoms with Crippen LogP contribution in [0.1, 0.15) is 26.6 Å². The highest BCUT2D eigenvalue weighted by atomic mass is 32.2. The van der Waals surface area contributed by atoms with Crippen molar-refractivity contribution < 1.29 is 26.4 Å². The number of pyridine rings is 1.